The van der Waals surface area contributed by atoms with Crippen molar-refractivity contribution in [3.8, 4) is 0 Å². The van der Waals surface area contributed by atoms with Gasteiger partial charge in [0.25, 0.3) is 0 Å². The van der Waals surface area contributed by atoms with Crippen molar-refractivity contribution in [2.24, 2.45) is 11.8 Å². The molecule has 1 unspecified atom stereocenters. The van der Waals surface area contributed by atoms with Gasteiger partial charge in [0.1, 0.15) is 0 Å². The summed E-state index contributed by atoms with van der Waals surface area (Å²) in [6.45, 7) is 4.70. The molecule has 1 saturated carbocycles. The average molecular weight is 193 g/mol. The lowest BCUT2D eigenvalue weighted by Gasteiger charge is -2.41. The summed E-state index contributed by atoms with van der Waals surface area (Å²) >= 11 is 0. The van der Waals surface area contributed by atoms with Crippen LogP contribution in [-0.4, -0.2) is 12.1 Å². The number of nitrogens with one attached hydrogen (secondary N) is 1. The number of allylic oxidation sites excluding steroid dienone is 1. The Bertz CT molecular complexity index is 201. The van der Waals surface area contributed by atoms with Gasteiger partial charge >= 0.3 is 0 Å². The molecule has 0 aromatic carbocycles. The van der Waals surface area contributed by atoms with Gasteiger partial charge in [0.05, 0.1) is 0 Å². The molecule has 0 spiro atoms. The SMILES string of the molecule is CC(C)C1CC(NC2CC=CCC2)C1. The standard InChI is InChI=1S/C13H23N/c1-10(2)11-8-13(9-11)14-12-6-4-3-5-7-12/h3-4,10-14H,5-9H2,1-2H3. The van der Waals surface area contributed by atoms with Crippen LogP contribution in [0.15, 0.2) is 12.2 Å². The first-order valence-corrected chi connectivity index (χ1v) is 6.16. The fraction of sp³-hybridized carbons (Fsp3) is 0.846. The first-order chi connectivity index (χ1) is 6.75. The van der Waals surface area contributed by atoms with Crippen LogP contribution in [0.25, 0.3) is 0 Å². The highest BCUT2D eigenvalue weighted by molar-refractivity contribution is 4.96. The number of hydrogen-bond acceptors (Lipinski definition) is 1. The third-order valence-corrected chi connectivity index (χ3v) is 3.86. The van der Waals surface area contributed by atoms with Gasteiger partial charge in [-0.05, 0) is 43.9 Å². The molecule has 1 atom stereocenters. The Balaban J connectivity index is 1.66. The van der Waals surface area contributed by atoms with Crippen LogP contribution in [0.5, 0.6) is 0 Å². The number of rotatable bonds is 3. The molecule has 1 heteroatoms. The third-order valence-electron chi connectivity index (χ3n) is 3.86. The molecule has 0 amide bonds. The largest absolute Gasteiger partial charge is 0.311 e. The summed E-state index contributed by atoms with van der Waals surface area (Å²) in [6.07, 6.45) is 11.4. The van der Waals surface area contributed by atoms with E-state index < -0.39 is 0 Å². The van der Waals surface area contributed by atoms with Crippen LogP contribution in [-0.2, 0) is 0 Å². The van der Waals surface area contributed by atoms with Crippen LogP contribution in [0.2, 0.25) is 0 Å². The molecule has 0 bridgehead atoms. The maximum atomic E-state index is 3.79. The molecule has 1 fully saturated rings. The molecule has 2 rings (SSSR count). The molecule has 1 N–H and O–H groups in total. The number of hydrogen-bond donors (Lipinski definition) is 1. The zero-order valence-corrected chi connectivity index (χ0v) is 9.50. The van der Waals surface area contributed by atoms with Crippen LogP contribution in [0.1, 0.15) is 46.0 Å². The van der Waals surface area contributed by atoms with Gasteiger partial charge in [0.15, 0.2) is 0 Å². The molecular formula is C13H23N. The summed E-state index contributed by atoms with van der Waals surface area (Å²) in [6, 6.07) is 1.61. The summed E-state index contributed by atoms with van der Waals surface area (Å²) in [4.78, 5) is 0. The minimum Gasteiger partial charge on any atom is -0.311 e. The zero-order chi connectivity index (χ0) is 9.97. The van der Waals surface area contributed by atoms with Crippen LogP contribution in [0, 0.1) is 11.8 Å². The third kappa shape index (κ3) is 2.38. The lowest BCUT2D eigenvalue weighted by molar-refractivity contribution is 0.155. The molecule has 0 aliphatic heterocycles. The van der Waals surface area contributed by atoms with Crippen molar-refractivity contribution in [3.63, 3.8) is 0 Å². The summed E-state index contributed by atoms with van der Waals surface area (Å²) in [5.74, 6) is 1.88. The fourth-order valence-electron chi connectivity index (χ4n) is 2.62. The Morgan fingerprint density at radius 1 is 1.14 bits per heavy atom. The van der Waals surface area contributed by atoms with Gasteiger partial charge in [0, 0.05) is 12.1 Å². The molecular weight excluding hydrogens is 170 g/mol. The minimum atomic E-state index is 0.776. The second-order valence-electron chi connectivity index (χ2n) is 5.32. The smallest absolute Gasteiger partial charge is 0.0107 e. The molecule has 2 aliphatic rings. The van der Waals surface area contributed by atoms with E-state index in [-0.39, 0.29) is 0 Å². The van der Waals surface area contributed by atoms with Gasteiger partial charge in [-0.1, -0.05) is 26.0 Å². The van der Waals surface area contributed by atoms with E-state index in [4.69, 9.17) is 0 Å². The van der Waals surface area contributed by atoms with Gasteiger partial charge in [-0.15, -0.1) is 0 Å². The van der Waals surface area contributed by atoms with Crippen molar-refractivity contribution < 1.29 is 0 Å². The van der Waals surface area contributed by atoms with Gasteiger partial charge in [-0.3, -0.25) is 0 Å². The Hall–Kier alpha value is -0.300. The van der Waals surface area contributed by atoms with E-state index in [0.717, 1.165) is 23.9 Å². The predicted molar refractivity (Wildman–Crippen MR) is 61.3 cm³/mol. The van der Waals surface area contributed by atoms with Crippen molar-refractivity contribution in [1.82, 2.24) is 5.32 Å². The van der Waals surface area contributed by atoms with E-state index in [0.29, 0.717) is 0 Å². The molecule has 14 heavy (non-hydrogen) atoms. The van der Waals surface area contributed by atoms with E-state index in [1.165, 1.54) is 32.1 Å². The lowest BCUT2D eigenvalue weighted by atomic mass is 9.73. The summed E-state index contributed by atoms with van der Waals surface area (Å²) in [5, 5.41) is 3.79. The van der Waals surface area contributed by atoms with Crippen LogP contribution < -0.4 is 5.32 Å². The van der Waals surface area contributed by atoms with Crippen molar-refractivity contribution in [2.45, 2.75) is 58.0 Å². The van der Waals surface area contributed by atoms with Gasteiger partial charge in [-0.2, -0.15) is 0 Å². The second-order valence-corrected chi connectivity index (χ2v) is 5.32. The highest BCUT2D eigenvalue weighted by Crippen LogP contribution is 2.34. The molecule has 1 nitrogen and oxygen atoms in total. The van der Waals surface area contributed by atoms with Crippen molar-refractivity contribution in [2.75, 3.05) is 0 Å². The quantitative estimate of drug-likeness (QED) is 0.679. The Kier molecular flexibility index (Phi) is 3.27. The molecule has 0 radical (unpaired) electrons. The highest BCUT2D eigenvalue weighted by atomic mass is 15.0. The molecule has 0 aromatic rings. The maximum Gasteiger partial charge on any atom is 0.0107 e. The average Bonchev–Trinajstić information content (AvgIpc) is 2.12. The molecule has 2 aliphatic carbocycles. The Labute approximate surface area is 88.0 Å². The van der Waals surface area contributed by atoms with Gasteiger partial charge < -0.3 is 5.32 Å². The molecule has 0 saturated heterocycles. The maximum absolute atomic E-state index is 3.79. The summed E-state index contributed by atoms with van der Waals surface area (Å²) < 4.78 is 0. The van der Waals surface area contributed by atoms with Crippen molar-refractivity contribution >= 4 is 0 Å². The van der Waals surface area contributed by atoms with E-state index >= 15 is 0 Å². The van der Waals surface area contributed by atoms with E-state index in [1.807, 2.05) is 0 Å². The van der Waals surface area contributed by atoms with E-state index in [2.05, 4.69) is 31.3 Å². The lowest BCUT2D eigenvalue weighted by Crippen LogP contribution is -2.47. The Morgan fingerprint density at radius 3 is 2.50 bits per heavy atom. The second kappa shape index (κ2) is 4.48. The van der Waals surface area contributed by atoms with Crippen molar-refractivity contribution in [1.29, 1.82) is 0 Å². The summed E-state index contributed by atoms with van der Waals surface area (Å²) in [7, 11) is 0. The van der Waals surface area contributed by atoms with E-state index in [9.17, 15) is 0 Å². The monoisotopic (exact) mass is 193 g/mol. The van der Waals surface area contributed by atoms with Crippen LogP contribution in [0.3, 0.4) is 0 Å². The first kappa shape index (κ1) is 10.2. The van der Waals surface area contributed by atoms with Crippen LogP contribution in [0.4, 0.5) is 0 Å². The topological polar surface area (TPSA) is 12.0 Å². The Morgan fingerprint density at radius 2 is 1.93 bits per heavy atom. The van der Waals surface area contributed by atoms with Gasteiger partial charge in [0.2, 0.25) is 0 Å². The first-order valence-electron chi connectivity index (χ1n) is 6.16. The normalized spacial score (nSPS) is 37.2. The summed E-state index contributed by atoms with van der Waals surface area (Å²) in [5.41, 5.74) is 0. The van der Waals surface area contributed by atoms with E-state index in [1.54, 1.807) is 0 Å². The molecule has 0 heterocycles. The minimum absolute atomic E-state index is 0.776. The molecule has 80 valence electrons. The zero-order valence-electron chi connectivity index (χ0n) is 9.50. The molecule has 0 aromatic heterocycles. The fourth-order valence-corrected chi connectivity index (χ4v) is 2.62. The highest BCUT2D eigenvalue weighted by Gasteiger charge is 2.32. The van der Waals surface area contributed by atoms with Gasteiger partial charge in [-0.25, -0.2) is 0 Å². The van der Waals surface area contributed by atoms with Crippen molar-refractivity contribution in [3.05, 3.63) is 12.2 Å². The predicted octanol–water partition coefficient (Wildman–Crippen LogP) is 3.12. The van der Waals surface area contributed by atoms with Crippen LogP contribution >= 0.6 is 0 Å².